The van der Waals surface area contributed by atoms with Crippen molar-refractivity contribution in [1.29, 1.82) is 0 Å². The molecule has 0 aliphatic carbocycles. The van der Waals surface area contributed by atoms with Crippen molar-refractivity contribution in [3.8, 4) is 0 Å². The molecule has 0 spiro atoms. The Labute approximate surface area is 128 Å². The number of quaternary nitrogens is 1. The molecule has 0 fully saturated rings. The minimum Gasteiger partial charge on any atom is -1.00 e. The lowest BCUT2D eigenvalue weighted by Gasteiger charge is -2.35. The summed E-state index contributed by atoms with van der Waals surface area (Å²) in [6.07, 6.45) is 14.5. The van der Waals surface area contributed by atoms with Crippen LogP contribution in [0.15, 0.2) is 0 Å². The van der Waals surface area contributed by atoms with Crippen molar-refractivity contribution in [3.63, 3.8) is 0 Å². The van der Waals surface area contributed by atoms with Gasteiger partial charge in [0.2, 0.25) is 0 Å². The Morgan fingerprint density at radius 3 is 1.20 bits per heavy atom. The first-order valence-corrected chi connectivity index (χ1v) is 9.09. The average Bonchev–Trinajstić information content (AvgIpc) is 2.46. The third-order valence-corrected chi connectivity index (χ3v) is 5.00. The summed E-state index contributed by atoms with van der Waals surface area (Å²) in [5.74, 6) is 0. The van der Waals surface area contributed by atoms with Gasteiger partial charge in [0, 0.05) is 0 Å². The van der Waals surface area contributed by atoms with Crippen molar-refractivity contribution in [2.75, 3.05) is 26.2 Å². The van der Waals surface area contributed by atoms with E-state index in [1.165, 1.54) is 94.9 Å². The molecule has 0 heterocycles. The molecule has 0 unspecified atom stereocenters. The minimum absolute atomic E-state index is 0. The predicted octanol–water partition coefficient (Wildman–Crippen LogP) is 2.79. The monoisotopic (exact) mass is 289 g/mol. The third-order valence-electron chi connectivity index (χ3n) is 5.00. The van der Waals surface area contributed by atoms with Crippen molar-refractivity contribution in [2.24, 2.45) is 0 Å². The average molecular weight is 290 g/mol. The van der Waals surface area contributed by atoms with E-state index in [2.05, 4.69) is 27.7 Å². The Morgan fingerprint density at radius 2 is 0.850 bits per heavy atom. The second kappa shape index (κ2) is 15.3. The summed E-state index contributed by atoms with van der Waals surface area (Å²) >= 11 is 0. The zero-order valence-electron chi connectivity index (χ0n) is 14.7. The molecule has 2 heteroatoms. The maximum Gasteiger partial charge on any atom is 0.0786 e. The van der Waals surface area contributed by atoms with Gasteiger partial charge in [0.25, 0.3) is 0 Å². The van der Waals surface area contributed by atoms with E-state index in [-0.39, 0.29) is 4.70 Å². The molecular formula is C18H40FN. The van der Waals surface area contributed by atoms with Crippen LogP contribution < -0.4 is 4.70 Å². The molecule has 0 radical (unpaired) electrons. The van der Waals surface area contributed by atoms with Crippen LogP contribution in [0.25, 0.3) is 0 Å². The molecule has 0 aromatic carbocycles. The van der Waals surface area contributed by atoms with Crippen LogP contribution in [0, 0.1) is 0 Å². The van der Waals surface area contributed by atoms with Crippen LogP contribution in [-0.2, 0) is 0 Å². The first-order valence-electron chi connectivity index (χ1n) is 9.09. The van der Waals surface area contributed by atoms with Gasteiger partial charge in [-0.05, 0) is 33.6 Å². The lowest BCUT2D eigenvalue weighted by Crippen LogP contribution is -3.00. The molecule has 0 amide bonds. The van der Waals surface area contributed by atoms with Crippen molar-refractivity contribution in [3.05, 3.63) is 0 Å². The maximum absolute atomic E-state index is 2.35. The highest BCUT2D eigenvalue weighted by molar-refractivity contribution is 4.48. The van der Waals surface area contributed by atoms with Crippen LogP contribution in [0.3, 0.4) is 0 Å². The summed E-state index contributed by atoms with van der Waals surface area (Å²) in [7, 11) is 0. The fourth-order valence-corrected chi connectivity index (χ4v) is 3.08. The van der Waals surface area contributed by atoms with Crippen LogP contribution >= 0.6 is 0 Å². The summed E-state index contributed by atoms with van der Waals surface area (Å²) in [6, 6.07) is 0. The summed E-state index contributed by atoms with van der Waals surface area (Å²) in [5.41, 5.74) is 0. The molecular weight excluding hydrogens is 249 g/mol. The first kappa shape index (κ1) is 22.2. The van der Waals surface area contributed by atoms with Gasteiger partial charge >= 0.3 is 0 Å². The van der Waals surface area contributed by atoms with Gasteiger partial charge in [-0.15, -0.1) is 0 Å². The van der Waals surface area contributed by atoms with Gasteiger partial charge in [0.05, 0.1) is 26.2 Å². The van der Waals surface area contributed by atoms with E-state index in [4.69, 9.17) is 0 Å². The molecule has 0 aliphatic heterocycles. The SMILES string of the molecule is CCCCCCCCCCCC[N+](CC)(CC)CC.[F-]. The molecule has 0 bridgehead atoms. The number of unbranched alkanes of at least 4 members (excludes halogenated alkanes) is 9. The van der Waals surface area contributed by atoms with E-state index < -0.39 is 0 Å². The summed E-state index contributed by atoms with van der Waals surface area (Å²) < 4.78 is 1.33. The fraction of sp³-hybridized carbons (Fsp3) is 1.00. The lowest BCUT2D eigenvalue weighted by molar-refractivity contribution is -0.923. The number of halogens is 1. The van der Waals surface area contributed by atoms with Gasteiger partial charge < -0.3 is 9.19 Å². The molecule has 0 aromatic heterocycles. The van der Waals surface area contributed by atoms with E-state index in [0.717, 1.165) is 0 Å². The highest BCUT2D eigenvalue weighted by atomic mass is 19.0. The Kier molecular flexibility index (Phi) is 16.9. The maximum atomic E-state index is 2.35. The second-order valence-electron chi connectivity index (χ2n) is 6.20. The zero-order valence-corrected chi connectivity index (χ0v) is 14.7. The number of rotatable bonds is 14. The van der Waals surface area contributed by atoms with E-state index in [9.17, 15) is 0 Å². The Morgan fingerprint density at radius 1 is 0.500 bits per heavy atom. The molecule has 0 saturated heterocycles. The van der Waals surface area contributed by atoms with Gasteiger partial charge in [-0.2, -0.15) is 0 Å². The number of hydrogen-bond acceptors (Lipinski definition) is 0. The minimum atomic E-state index is 0. The largest absolute Gasteiger partial charge is 1.00 e. The molecule has 0 aromatic rings. The molecule has 0 N–H and O–H groups in total. The highest BCUT2D eigenvalue weighted by Gasteiger charge is 2.19. The van der Waals surface area contributed by atoms with Crippen molar-refractivity contribution in [1.82, 2.24) is 0 Å². The first-order chi connectivity index (χ1) is 9.24. The van der Waals surface area contributed by atoms with Gasteiger partial charge in [-0.3, -0.25) is 0 Å². The highest BCUT2D eigenvalue weighted by Crippen LogP contribution is 2.13. The lowest BCUT2D eigenvalue weighted by atomic mass is 10.1. The van der Waals surface area contributed by atoms with Gasteiger partial charge in [0.15, 0.2) is 0 Å². The van der Waals surface area contributed by atoms with Crippen molar-refractivity contribution >= 4 is 0 Å². The fourth-order valence-electron chi connectivity index (χ4n) is 3.08. The Bertz CT molecular complexity index is 170. The standard InChI is InChI=1S/C18H40N.FH/c1-5-9-10-11-12-13-14-15-16-17-18-19(6-2,7-3)8-4;/h5-18H2,1-4H3;1H/q+1;/p-1. The summed E-state index contributed by atoms with van der Waals surface area (Å²) in [5, 5.41) is 0. The normalized spacial score (nSPS) is 11.4. The van der Waals surface area contributed by atoms with Crippen LogP contribution in [0.2, 0.25) is 0 Å². The molecule has 20 heavy (non-hydrogen) atoms. The third kappa shape index (κ3) is 10.7. The Hall–Kier alpha value is -0.110. The van der Waals surface area contributed by atoms with E-state index in [0.29, 0.717) is 0 Å². The molecule has 0 saturated carbocycles. The van der Waals surface area contributed by atoms with Gasteiger partial charge in [-0.1, -0.05) is 58.3 Å². The molecule has 0 aliphatic rings. The van der Waals surface area contributed by atoms with E-state index >= 15 is 0 Å². The number of hydrogen-bond donors (Lipinski definition) is 0. The van der Waals surface area contributed by atoms with Crippen LogP contribution in [0.4, 0.5) is 0 Å². The number of nitrogens with zero attached hydrogens (tertiary/aromatic N) is 1. The van der Waals surface area contributed by atoms with Gasteiger partial charge in [0.1, 0.15) is 0 Å². The smallest absolute Gasteiger partial charge is 0.0786 e. The van der Waals surface area contributed by atoms with Crippen molar-refractivity contribution < 1.29 is 9.19 Å². The second-order valence-corrected chi connectivity index (χ2v) is 6.20. The molecule has 1 nitrogen and oxygen atoms in total. The summed E-state index contributed by atoms with van der Waals surface area (Å²) in [6.45, 7) is 14.7. The van der Waals surface area contributed by atoms with Crippen LogP contribution in [-0.4, -0.2) is 30.7 Å². The van der Waals surface area contributed by atoms with Crippen LogP contribution in [0.1, 0.15) is 91.9 Å². The molecule has 0 rings (SSSR count). The van der Waals surface area contributed by atoms with Crippen molar-refractivity contribution in [2.45, 2.75) is 91.9 Å². The summed E-state index contributed by atoms with van der Waals surface area (Å²) in [4.78, 5) is 0. The van der Waals surface area contributed by atoms with E-state index in [1.807, 2.05) is 0 Å². The zero-order chi connectivity index (χ0) is 14.4. The van der Waals surface area contributed by atoms with E-state index in [1.54, 1.807) is 0 Å². The van der Waals surface area contributed by atoms with Crippen LogP contribution in [0.5, 0.6) is 0 Å². The topological polar surface area (TPSA) is 0 Å². The quantitative estimate of drug-likeness (QED) is 0.341. The Balaban J connectivity index is 0. The molecule has 124 valence electrons. The molecule has 0 atom stereocenters. The predicted molar refractivity (Wildman–Crippen MR) is 88.6 cm³/mol. The van der Waals surface area contributed by atoms with Gasteiger partial charge in [-0.25, -0.2) is 0 Å².